The molecular formula is C4H4FN3O. The van der Waals surface area contributed by atoms with Crippen LogP contribution in [0, 0.1) is 0 Å². The molecule has 0 bridgehead atoms. The van der Waals surface area contributed by atoms with Gasteiger partial charge in [0.05, 0.1) is 0 Å². The highest BCUT2D eigenvalue weighted by molar-refractivity contribution is 5.89. The summed E-state index contributed by atoms with van der Waals surface area (Å²) in [6.45, 7) is 1.27. The zero-order valence-corrected chi connectivity index (χ0v) is 4.71. The van der Waals surface area contributed by atoms with Crippen molar-refractivity contribution in [3.63, 3.8) is 0 Å². The van der Waals surface area contributed by atoms with Crippen LogP contribution in [-0.2, 0) is 0 Å². The number of hydrogen-bond acceptors (Lipinski definition) is 3. The normalized spacial score (nSPS) is 9.56. The van der Waals surface area contributed by atoms with Crippen LogP contribution in [0.4, 0.5) is 4.48 Å². The number of aromatic nitrogens is 3. The molecule has 48 valence electrons. The molecule has 5 heteroatoms. The van der Waals surface area contributed by atoms with Gasteiger partial charge in [0, 0.05) is 6.92 Å². The van der Waals surface area contributed by atoms with Crippen LogP contribution in [0.15, 0.2) is 6.33 Å². The van der Waals surface area contributed by atoms with Crippen LogP contribution in [0.25, 0.3) is 0 Å². The number of carbonyl (C=O) groups is 1. The summed E-state index contributed by atoms with van der Waals surface area (Å²) < 4.78 is 11.9. The van der Waals surface area contributed by atoms with E-state index in [9.17, 15) is 9.28 Å². The Kier molecular flexibility index (Phi) is 1.26. The summed E-state index contributed by atoms with van der Waals surface area (Å²) in [5, 5.41) is 3.10. The maximum atomic E-state index is 11.9. The highest BCUT2D eigenvalue weighted by Crippen LogP contribution is 1.88. The number of nitrogens with zero attached hydrogens (tertiary/aromatic N) is 3. The average molecular weight is 129 g/mol. The maximum absolute atomic E-state index is 11.9. The van der Waals surface area contributed by atoms with Crippen LogP contribution in [-0.4, -0.2) is 20.8 Å². The second-order valence-electron chi connectivity index (χ2n) is 1.51. The smallest absolute Gasteiger partial charge is 0.219 e. The molecule has 0 radical (unpaired) electrons. The molecule has 1 aromatic rings. The van der Waals surface area contributed by atoms with Gasteiger partial charge in [-0.2, -0.15) is 0 Å². The standard InChI is InChI=1S/C4H4FN3O/c1-3(9)4-6-2-8(5)7-4/h2H,1H3. The monoisotopic (exact) mass is 129 g/mol. The summed E-state index contributed by atoms with van der Waals surface area (Å²) in [5.74, 6) is -0.441. The van der Waals surface area contributed by atoms with Crippen molar-refractivity contribution in [2.24, 2.45) is 0 Å². The fraction of sp³-hybridized carbons (Fsp3) is 0.250. The lowest BCUT2D eigenvalue weighted by Gasteiger charge is -1.77. The van der Waals surface area contributed by atoms with Crippen molar-refractivity contribution >= 4 is 5.78 Å². The Bertz CT molecular complexity index is 231. The first-order valence-electron chi connectivity index (χ1n) is 2.29. The lowest BCUT2D eigenvalue weighted by Crippen LogP contribution is -1.95. The van der Waals surface area contributed by atoms with Crippen LogP contribution in [0.2, 0.25) is 0 Å². The molecule has 0 unspecified atom stereocenters. The van der Waals surface area contributed by atoms with E-state index in [1.165, 1.54) is 6.92 Å². The Hall–Kier alpha value is -1.26. The van der Waals surface area contributed by atoms with Gasteiger partial charge in [-0.05, 0) is 0 Å². The van der Waals surface area contributed by atoms with Gasteiger partial charge in [-0.1, -0.05) is 9.39 Å². The van der Waals surface area contributed by atoms with Gasteiger partial charge in [-0.25, -0.2) is 4.98 Å². The summed E-state index contributed by atoms with van der Waals surface area (Å²) in [6, 6.07) is 0. The molecule has 0 aliphatic heterocycles. The molecule has 0 atom stereocenters. The van der Waals surface area contributed by atoms with E-state index in [0.29, 0.717) is 0 Å². The minimum Gasteiger partial charge on any atom is -0.291 e. The highest BCUT2D eigenvalue weighted by atomic mass is 19.2. The van der Waals surface area contributed by atoms with Gasteiger partial charge in [0.25, 0.3) is 0 Å². The number of carbonyl (C=O) groups excluding carboxylic acids is 1. The van der Waals surface area contributed by atoms with E-state index < -0.39 is 0 Å². The Balaban J connectivity index is 2.98. The molecule has 0 amide bonds. The van der Waals surface area contributed by atoms with Crippen molar-refractivity contribution < 1.29 is 9.28 Å². The first-order chi connectivity index (χ1) is 4.20. The molecule has 0 aromatic carbocycles. The van der Waals surface area contributed by atoms with E-state index in [-0.39, 0.29) is 16.5 Å². The van der Waals surface area contributed by atoms with Gasteiger partial charge in [-0.15, -0.1) is 5.10 Å². The molecule has 0 aliphatic carbocycles. The van der Waals surface area contributed by atoms with Crippen molar-refractivity contribution in [2.45, 2.75) is 6.92 Å². The average Bonchev–Trinajstić information content (AvgIpc) is 2.14. The van der Waals surface area contributed by atoms with Gasteiger partial charge < -0.3 is 0 Å². The van der Waals surface area contributed by atoms with Crippen molar-refractivity contribution in [3.8, 4) is 0 Å². The van der Waals surface area contributed by atoms with Crippen LogP contribution in [0.3, 0.4) is 0 Å². The van der Waals surface area contributed by atoms with Gasteiger partial charge in [0.15, 0.2) is 5.78 Å². The molecule has 0 fully saturated rings. The summed E-state index contributed by atoms with van der Waals surface area (Å²) >= 11 is 0. The Morgan fingerprint density at radius 3 is 2.78 bits per heavy atom. The Morgan fingerprint density at radius 1 is 1.89 bits per heavy atom. The van der Waals surface area contributed by atoms with Gasteiger partial charge in [0.1, 0.15) is 6.33 Å². The first-order valence-corrected chi connectivity index (χ1v) is 2.29. The first kappa shape index (κ1) is 5.87. The molecule has 1 rings (SSSR count). The quantitative estimate of drug-likeness (QED) is 0.509. The van der Waals surface area contributed by atoms with Crippen LogP contribution >= 0.6 is 0 Å². The minimum absolute atomic E-state index is 0.00324. The van der Waals surface area contributed by atoms with Crippen LogP contribution < -0.4 is 0 Å². The molecular weight excluding hydrogens is 125 g/mol. The van der Waals surface area contributed by atoms with Gasteiger partial charge >= 0.3 is 0 Å². The Morgan fingerprint density at radius 2 is 2.56 bits per heavy atom. The van der Waals surface area contributed by atoms with E-state index in [4.69, 9.17) is 0 Å². The van der Waals surface area contributed by atoms with Gasteiger partial charge in [0.2, 0.25) is 5.82 Å². The molecule has 0 spiro atoms. The van der Waals surface area contributed by atoms with E-state index in [2.05, 4.69) is 10.1 Å². The molecule has 0 saturated carbocycles. The molecule has 1 aromatic heterocycles. The van der Waals surface area contributed by atoms with Crippen LogP contribution in [0.1, 0.15) is 17.5 Å². The lowest BCUT2D eigenvalue weighted by molar-refractivity contribution is 0.100. The predicted octanol–water partition coefficient (Wildman–Crippen LogP) is 0.213. The van der Waals surface area contributed by atoms with Crippen LogP contribution in [0.5, 0.6) is 0 Å². The third kappa shape index (κ3) is 1.10. The molecule has 1 heterocycles. The van der Waals surface area contributed by atoms with E-state index >= 15 is 0 Å². The highest BCUT2D eigenvalue weighted by Gasteiger charge is 2.03. The minimum atomic E-state index is -0.341. The maximum Gasteiger partial charge on any atom is 0.219 e. The Labute approximate surface area is 50.3 Å². The topological polar surface area (TPSA) is 47.8 Å². The SMILES string of the molecule is CC(=O)c1ncn(F)n1. The second-order valence-corrected chi connectivity index (χ2v) is 1.51. The van der Waals surface area contributed by atoms with E-state index in [1.807, 2.05) is 0 Å². The molecule has 0 saturated heterocycles. The molecule has 0 N–H and O–H groups in total. The van der Waals surface area contributed by atoms with Crippen molar-refractivity contribution in [1.29, 1.82) is 0 Å². The zero-order chi connectivity index (χ0) is 6.85. The van der Waals surface area contributed by atoms with Gasteiger partial charge in [-0.3, -0.25) is 4.79 Å². The number of hydrogen-bond donors (Lipinski definition) is 0. The van der Waals surface area contributed by atoms with Crippen molar-refractivity contribution in [1.82, 2.24) is 15.0 Å². The lowest BCUT2D eigenvalue weighted by atomic mass is 10.4. The summed E-state index contributed by atoms with van der Waals surface area (Å²) in [4.78, 5) is 13.7. The third-order valence-corrected chi connectivity index (χ3v) is 0.780. The molecule has 9 heavy (non-hydrogen) atoms. The summed E-state index contributed by atoms with van der Waals surface area (Å²) in [7, 11) is 0. The third-order valence-electron chi connectivity index (χ3n) is 0.780. The van der Waals surface area contributed by atoms with E-state index in [0.717, 1.165) is 6.33 Å². The number of rotatable bonds is 1. The zero-order valence-electron chi connectivity index (χ0n) is 4.71. The van der Waals surface area contributed by atoms with Crippen molar-refractivity contribution in [3.05, 3.63) is 12.2 Å². The van der Waals surface area contributed by atoms with E-state index in [1.54, 1.807) is 0 Å². The fourth-order valence-electron chi connectivity index (χ4n) is 0.406. The number of halogens is 1. The number of Topliss-reactive ketones (excluding diaryl/α,β-unsaturated/α-hetero) is 1. The summed E-state index contributed by atoms with van der Waals surface area (Å²) in [5.41, 5.74) is 0. The summed E-state index contributed by atoms with van der Waals surface area (Å²) in [6.07, 6.45) is 0.830. The number of ketones is 1. The fourth-order valence-corrected chi connectivity index (χ4v) is 0.406. The second kappa shape index (κ2) is 1.93. The predicted molar refractivity (Wildman–Crippen MR) is 26.5 cm³/mol. The van der Waals surface area contributed by atoms with Crippen molar-refractivity contribution in [2.75, 3.05) is 0 Å². The molecule has 4 nitrogen and oxygen atoms in total. The largest absolute Gasteiger partial charge is 0.291 e. The molecule has 0 aliphatic rings.